The van der Waals surface area contributed by atoms with Crippen LogP contribution in [0.2, 0.25) is 5.15 Å². The van der Waals surface area contributed by atoms with E-state index in [-0.39, 0.29) is 29.8 Å². The van der Waals surface area contributed by atoms with Gasteiger partial charge < -0.3 is 4.90 Å². The van der Waals surface area contributed by atoms with Gasteiger partial charge in [-0.1, -0.05) is 17.7 Å². The highest BCUT2D eigenvalue weighted by atomic mass is 35.5. The molecule has 35 heavy (non-hydrogen) atoms. The van der Waals surface area contributed by atoms with Crippen molar-refractivity contribution in [3.05, 3.63) is 51.8 Å². The van der Waals surface area contributed by atoms with Gasteiger partial charge in [0, 0.05) is 50.7 Å². The lowest BCUT2D eigenvalue weighted by molar-refractivity contribution is 0.119. The highest BCUT2D eigenvalue weighted by molar-refractivity contribution is 6.34. The first-order valence-corrected chi connectivity index (χ1v) is 11.9. The molecule has 0 unspecified atom stereocenters. The van der Waals surface area contributed by atoms with Gasteiger partial charge in [0.25, 0.3) is 0 Å². The van der Waals surface area contributed by atoms with Crippen molar-refractivity contribution in [1.29, 1.82) is 5.26 Å². The van der Waals surface area contributed by atoms with E-state index >= 15 is 0 Å². The Kier molecular flexibility index (Phi) is 5.91. The fourth-order valence-electron chi connectivity index (χ4n) is 4.99. The van der Waals surface area contributed by atoms with E-state index in [9.17, 15) is 4.79 Å². The Labute approximate surface area is 207 Å². The molecule has 0 saturated carbocycles. The molecule has 4 heterocycles. The fourth-order valence-corrected chi connectivity index (χ4v) is 5.30. The summed E-state index contributed by atoms with van der Waals surface area (Å²) in [5, 5.41) is 13.9. The molecule has 5 rings (SSSR count). The van der Waals surface area contributed by atoms with Crippen molar-refractivity contribution < 1.29 is 0 Å². The van der Waals surface area contributed by atoms with Crippen LogP contribution in [0.3, 0.4) is 0 Å². The summed E-state index contributed by atoms with van der Waals surface area (Å²) in [4.78, 5) is 30.5. The third kappa shape index (κ3) is 3.90. The predicted octanol–water partition coefficient (Wildman–Crippen LogP) is 2.91. The van der Waals surface area contributed by atoms with Crippen molar-refractivity contribution in [3.63, 3.8) is 0 Å². The zero-order valence-electron chi connectivity index (χ0n) is 20.1. The van der Waals surface area contributed by atoms with Crippen LogP contribution in [-0.4, -0.2) is 59.4 Å². The minimum atomic E-state index is -0.404. The Hall–Kier alpha value is -3.55. The fraction of sp³-hybridized carbons (Fsp3) is 0.417. The van der Waals surface area contributed by atoms with E-state index in [1.54, 1.807) is 19.4 Å². The molecule has 10 nitrogen and oxygen atoms in total. The summed E-state index contributed by atoms with van der Waals surface area (Å²) in [6.07, 6.45) is 3.41. The number of anilines is 1. The van der Waals surface area contributed by atoms with Gasteiger partial charge in [-0.25, -0.2) is 9.48 Å². The zero-order valence-corrected chi connectivity index (χ0v) is 20.8. The number of aryl methyl sites for hydroxylation is 1. The van der Waals surface area contributed by atoms with Crippen LogP contribution >= 0.6 is 11.6 Å². The Morgan fingerprint density at radius 2 is 1.91 bits per heavy atom. The number of hydrogen-bond donors (Lipinski definition) is 0. The highest BCUT2D eigenvalue weighted by Crippen LogP contribution is 2.33. The summed E-state index contributed by atoms with van der Waals surface area (Å²) >= 11 is 6.49. The van der Waals surface area contributed by atoms with E-state index in [0.29, 0.717) is 23.4 Å². The maximum Gasteiger partial charge on any atom is 0.349 e. The van der Waals surface area contributed by atoms with E-state index in [4.69, 9.17) is 16.9 Å². The van der Waals surface area contributed by atoms with Crippen LogP contribution in [0.5, 0.6) is 0 Å². The van der Waals surface area contributed by atoms with Crippen molar-refractivity contribution in [1.82, 2.24) is 34.2 Å². The molecule has 4 aromatic rings. The summed E-state index contributed by atoms with van der Waals surface area (Å²) in [7, 11) is 1.62. The van der Waals surface area contributed by atoms with Crippen molar-refractivity contribution in [2.24, 2.45) is 7.05 Å². The first kappa shape index (κ1) is 23.2. The number of benzene rings is 1. The maximum absolute atomic E-state index is 12.7. The molecule has 1 aliphatic rings. The molecular formula is C24H26ClN9O. The van der Waals surface area contributed by atoms with E-state index < -0.39 is 5.69 Å². The van der Waals surface area contributed by atoms with Crippen molar-refractivity contribution in [2.45, 2.75) is 45.4 Å². The molecule has 1 fully saturated rings. The summed E-state index contributed by atoms with van der Waals surface area (Å²) in [5.74, 6) is 0.509. The molecule has 1 saturated heterocycles. The lowest BCUT2D eigenvalue weighted by Crippen LogP contribution is -2.57. The van der Waals surface area contributed by atoms with Crippen LogP contribution in [-0.2, 0) is 13.6 Å². The van der Waals surface area contributed by atoms with Gasteiger partial charge in [0.05, 0.1) is 17.1 Å². The zero-order chi connectivity index (χ0) is 24.9. The van der Waals surface area contributed by atoms with Crippen LogP contribution in [0.15, 0.2) is 35.4 Å². The Morgan fingerprint density at radius 1 is 1.17 bits per heavy atom. The lowest BCUT2D eigenvalue weighted by Gasteiger charge is -2.47. The van der Waals surface area contributed by atoms with Gasteiger partial charge in [-0.15, -0.1) is 0 Å². The van der Waals surface area contributed by atoms with Gasteiger partial charge in [0.15, 0.2) is 16.5 Å². The Bertz CT molecular complexity index is 1520. The summed E-state index contributed by atoms with van der Waals surface area (Å²) in [6, 6.07) is 8.70. The quantitative estimate of drug-likeness (QED) is 0.428. The summed E-state index contributed by atoms with van der Waals surface area (Å²) in [5.41, 5.74) is 3.56. The van der Waals surface area contributed by atoms with Crippen molar-refractivity contribution in [3.8, 4) is 6.07 Å². The molecule has 11 heteroatoms. The average molecular weight is 492 g/mol. The molecule has 1 aromatic carbocycles. The first-order valence-electron chi connectivity index (χ1n) is 11.5. The van der Waals surface area contributed by atoms with Crippen LogP contribution in [0.25, 0.3) is 22.1 Å². The largest absolute Gasteiger partial charge is 0.349 e. The van der Waals surface area contributed by atoms with E-state index in [0.717, 1.165) is 17.6 Å². The summed E-state index contributed by atoms with van der Waals surface area (Å²) < 4.78 is 2.79. The van der Waals surface area contributed by atoms with Crippen LogP contribution in [0, 0.1) is 11.3 Å². The Morgan fingerprint density at radius 3 is 2.66 bits per heavy atom. The first-order chi connectivity index (χ1) is 16.8. The van der Waals surface area contributed by atoms with Crippen LogP contribution < -0.4 is 10.6 Å². The molecule has 3 atom stereocenters. The van der Waals surface area contributed by atoms with E-state index in [1.807, 2.05) is 6.07 Å². The third-order valence-electron chi connectivity index (χ3n) is 6.90. The molecule has 0 N–H and O–H groups in total. The van der Waals surface area contributed by atoms with Crippen LogP contribution in [0.4, 0.5) is 5.82 Å². The number of fused-ring (bicyclic) bond motifs is 2. The third-order valence-corrected chi connectivity index (χ3v) is 7.28. The number of halogens is 1. The molecular weight excluding hydrogens is 466 g/mol. The van der Waals surface area contributed by atoms with Crippen molar-refractivity contribution in [2.75, 3.05) is 18.0 Å². The van der Waals surface area contributed by atoms with Gasteiger partial charge in [0.2, 0.25) is 0 Å². The number of aromatic nitrogens is 6. The van der Waals surface area contributed by atoms with Crippen molar-refractivity contribution >= 4 is 39.5 Å². The monoisotopic (exact) mass is 491 g/mol. The predicted molar refractivity (Wildman–Crippen MR) is 134 cm³/mol. The van der Waals surface area contributed by atoms with Gasteiger partial charge in [-0.3, -0.25) is 19.4 Å². The number of nitrogens with zero attached hydrogens (tertiary/aromatic N) is 9. The molecule has 180 valence electrons. The summed E-state index contributed by atoms with van der Waals surface area (Å²) in [6.45, 7) is 7.93. The molecule has 1 aliphatic heterocycles. The molecule has 0 radical (unpaired) electrons. The maximum atomic E-state index is 12.7. The molecule has 3 aromatic heterocycles. The van der Waals surface area contributed by atoms with Gasteiger partial charge in [-0.2, -0.15) is 15.3 Å². The second kappa shape index (κ2) is 8.91. The minimum absolute atomic E-state index is 0.00543. The normalized spacial score (nSPS) is 19.8. The topological polar surface area (TPSA) is 109 Å². The number of nitriles is 1. The van der Waals surface area contributed by atoms with Gasteiger partial charge in [0.1, 0.15) is 12.1 Å². The average Bonchev–Trinajstić information content (AvgIpc) is 3.18. The minimum Gasteiger partial charge on any atom is -0.349 e. The van der Waals surface area contributed by atoms with E-state index in [1.165, 1.54) is 14.8 Å². The molecule has 0 bridgehead atoms. The second-order valence-electron chi connectivity index (χ2n) is 9.11. The number of hydrogen-bond acceptors (Lipinski definition) is 8. The highest BCUT2D eigenvalue weighted by Gasteiger charge is 2.35. The van der Waals surface area contributed by atoms with Crippen LogP contribution in [0.1, 0.15) is 32.4 Å². The van der Waals surface area contributed by atoms with Gasteiger partial charge in [-0.05, 0) is 38.5 Å². The number of piperazine rings is 1. The SMILES string of the molecule is C[C@@H]1CN(c2nc(=O)n(C)c3c(Cl)n(CC#N)nc23)[C@@H](C)CN1[C@@H](C)c1ccc2nccnc2c1. The second-order valence-corrected chi connectivity index (χ2v) is 9.47. The smallest absolute Gasteiger partial charge is 0.349 e. The standard InChI is InChI=1S/C24H26ClN9O/c1-14-13-33(23-20-21(31(4)24(35)29-23)22(25)34(30-20)10-7-26)15(2)12-32(14)16(3)17-5-6-18-19(11-17)28-9-8-27-18/h5-6,8-9,11,14-16H,10,12-13H2,1-4H3/t14-,15+,16+/m1/s1. The molecule has 0 aliphatic carbocycles. The Balaban J connectivity index is 1.48. The lowest BCUT2D eigenvalue weighted by atomic mass is 10.00. The molecule has 0 amide bonds. The van der Waals surface area contributed by atoms with E-state index in [2.05, 4.69) is 68.8 Å². The van der Waals surface area contributed by atoms with Gasteiger partial charge >= 0.3 is 5.69 Å². The molecule has 0 spiro atoms. The number of rotatable bonds is 4.